The Bertz CT molecular complexity index is 872. The quantitative estimate of drug-likeness (QED) is 0.649. The number of ether oxygens (including phenoxy) is 2. The summed E-state index contributed by atoms with van der Waals surface area (Å²) < 4.78 is 11.1. The first-order chi connectivity index (χ1) is 14.5. The van der Waals surface area contributed by atoms with E-state index in [0.29, 0.717) is 24.8 Å². The molecule has 3 rings (SSSR count). The van der Waals surface area contributed by atoms with Crippen molar-refractivity contribution in [2.24, 2.45) is 0 Å². The molecule has 0 aliphatic carbocycles. The van der Waals surface area contributed by atoms with Crippen LogP contribution in [0, 0.1) is 0 Å². The molecular formula is C25H34N2O3. The van der Waals surface area contributed by atoms with Gasteiger partial charge in [0.1, 0.15) is 5.75 Å². The number of benzene rings is 1. The highest BCUT2D eigenvalue weighted by Gasteiger charge is 2.19. The second-order valence-electron chi connectivity index (χ2n) is 8.16. The van der Waals surface area contributed by atoms with Gasteiger partial charge in [-0.25, -0.2) is 0 Å². The smallest absolute Gasteiger partial charge is 0.224 e. The molecule has 0 aromatic heterocycles. The van der Waals surface area contributed by atoms with Crippen LogP contribution in [0.2, 0.25) is 0 Å². The lowest BCUT2D eigenvalue weighted by Gasteiger charge is -2.36. The maximum atomic E-state index is 13.1. The Balaban J connectivity index is 1.70. The van der Waals surface area contributed by atoms with Crippen LogP contribution in [0.1, 0.15) is 44.2 Å². The minimum absolute atomic E-state index is 0.0212. The lowest BCUT2D eigenvalue weighted by molar-refractivity contribution is 0.248. The summed E-state index contributed by atoms with van der Waals surface area (Å²) in [5, 5.41) is 0. The molecule has 1 heterocycles. The summed E-state index contributed by atoms with van der Waals surface area (Å²) in [4.78, 5) is 17.8. The topological polar surface area (TPSA) is 42.0 Å². The molecule has 1 aliphatic heterocycles. The molecule has 2 aromatic carbocycles. The minimum atomic E-state index is 0.0212. The molecule has 0 radical (unpaired) electrons. The van der Waals surface area contributed by atoms with Crippen LogP contribution in [0.4, 0.5) is 5.69 Å². The number of hydrogen-bond acceptors (Lipinski definition) is 5. The van der Waals surface area contributed by atoms with Crippen LogP contribution < -0.4 is 19.8 Å². The van der Waals surface area contributed by atoms with Gasteiger partial charge in [0.25, 0.3) is 0 Å². The molecule has 0 N–H and O–H groups in total. The zero-order valence-electron chi connectivity index (χ0n) is 18.7. The van der Waals surface area contributed by atoms with E-state index in [1.165, 1.54) is 5.69 Å². The van der Waals surface area contributed by atoms with Gasteiger partial charge >= 0.3 is 0 Å². The lowest BCUT2D eigenvalue weighted by atomic mass is 10.1. The number of anilines is 1. The van der Waals surface area contributed by atoms with Crippen LogP contribution in [0.5, 0.6) is 11.5 Å². The molecule has 2 aromatic rings. The van der Waals surface area contributed by atoms with Gasteiger partial charge in [0.2, 0.25) is 5.43 Å². The van der Waals surface area contributed by atoms with E-state index in [0.717, 1.165) is 49.5 Å². The summed E-state index contributed by atoms with van der Waals surface area (Å²) >= 11 is 0. The molecule has 30 heavy (non-hydrogen) atoms. The van der Waals surface area contributed by atoms with Gasteiger partial charge < -0.3 is 14.4 Å². The average molecular weight is 411 g/mol. The van der Waals surface area contributed by atoms with Crippen LogP contribution in [0.15, 0.2) is 47.3 Å². The molecule has 1 aliphatic rings. The Morgan fingerprint density at radius 1 is 1.00 bits per heavy atom. The summed E-state index contributed by atoms with van der Waals surface area (Å²) in [6.07, 6.45) is 0.887. The Labute approximate surface area is 180 Å². The second kappa shape index (κ2) is 10.5. The summed E-state index contributed by atoms with van der Waals surface area (Å²) in [6.45, 7) is 11.3. The third-order valence-corrected chi connectivity index (χ3v) is 5.62. The highest BCUT2D eigenvalue weighted by Crippen LogP contribution is 2.22. The van der Waals surface area contributed by atoms with Gasteiger partial charge in [0.05, 0.1) is 13.7 Å². The molecule has 0 unspecified atom stereocenters. The second-order valence-corrected chi connectivity index (χ2v) is 8.16. The summed E-state index contributed by atoms with van der Waals surface area (Å²) in [7, 11) is 1.68. The summed E-state index contributed by atoms with van der Waals surface area (Å²) in [5.41, 5.74) is 3.18. The fourth-order valence-corrected chi connectivity index (χ4v) is 3.70. The van der Waals surface area contributed by atoms with Crippen molar-refractivity contribution in [2.45, 2.75) is 39.7 Å². The standard InChI is InChI=1S/C25H34N2O3/c1-5-16-30-24-17-20(19(2)3)6-7-21(25(24)28)18-26-12-14-27(15-13-26)22-8-10-23(29-4)11-9-22/h6-11,17,19H,5,12-16,18H2,1-4H3. The maximum absolute atomic E-state index is 13.1. The highest BCUT2D eigenvalue weighted by atomic mass is 16.5. The van der Waals surface area contributed by atoms with E-state index in [1.54, 1.807) is 7.11 Å². The van der Waals surface area contributed by atoms with Gasteiger partial charge in [0, 0.05) is 44.0 Å². The molecule has 162 valence electrons. The van der Waals surface area contributed by atoms with Crippen molar-refractivity contribution in [2.75, 3.05) is 44.8 Å². The minimum Gasteiger partial charge on any atom is -0.497 e. The van der Waals surface area contributed by atoms with E-state index in [9.17, 15) is 4.79 Å². The fraction of sp³-hybridized carbons (Fsp3) is 0.480. The molecule has 5 heteroatoms. The van der Waals surface area contributed by atoms with E-state index in [2.05, 4.69) is 48.8 Å². The van der Waals surface area contributed by atoms with Gasteiger partial charge in [-0.3, -0.25) is 9.69 Å². The number of methoxy groups -OCH3 is 1. The van der Waals surface area contributed by atoms with Crippen LogP contribution in [-0.2, 0) is 6.54 Å². The average Bonchev–Trinajstić information content (AvgIpc) is 2.92. The molecule has 5 nitrogen and oxygen atoms in total. The Morgan fingerprint density at radius 3 is 2.30 bits per heavy atom. The highest BCUT2D eigenvalue weighted by molar-refractivity contribution is 5.49. The van der Waals surface area contributed by atoms with Crippen LogP contribution in [-0.4, -0.2) is 44.8 Å². The molecule has 1 fully saturated rings. The molecular weight excluding hydrogens is 376 g/mol. The first-order valence-electron chi connectivity index (χ1n) is 10.9. The lowest BCUT2D eigenvalue weighted by Crippen LogP contribution is -2.46. The van der Waals surface area contributed by atoms with E-state index in [1.807, 2.05) is 24.3 Å². The third-order valence-electron chi connectivity index (χ3n) is 5.62. The normalized spacial score (nSPS) is 14.8. The predicted molar refractivity (Wildman–Crippen MR) is 123 cm³/mol. The van der Waals surface area contributed by atoms with Crippen LogP contribution in [0.25, 0.3) is 0 Å². The van der Waals surface area contributed by atoms with Crippen molar-refractivity contribution >= 4 is 5.69 Å². The third kappa shape index (κ3) is 5.54. The van der Waals surface area contributed by atoms with Crippen LogP contribution in [0.3, 0.4) is 0 Å². The predicted octanol–water partition coefficient (Wildman–Crippen LogP) is 4.29. The molecule has 0 saturated carbocycles. The molecule has 0 bridgehead atoms. The molecule has 0 atom stereocenters. The van der Waals surface area contributed by atoms with Gasteiger partial charge in [-0.2, -0.15) is 0 Å². The van der Waals surface area contributed by atoms with Crippen molar-refractivity contribution in [1.82, 2.24) is 4.90 Å². The van der Waals surface area contributed by atoms with Gasteiger partial charge in [-0.15, -0.1) is 0 Å². The van der Waals surface area contributed by atoms with E-state index in [-0.39, 0.29) is 5.43 Å². The largest absolute Gasteiger partial charge is 0.497 e. The Kier molecular flexibility index (Phi) is 7.75. The SMILES string of the molecule is CCCOc1cc(C(C)C)ccc(CN2CCN(c3ccc(OC)cc3)CC2)c1=O. The molecule has 0 amide bonds. The van der Waals surface area contributed by atoms with Crippen LogP contribution >= 0.6 is 0 Å². The first kappa shape index (κ1) is 22.2. The zero-order chi connectivity index (χ0) is 21.5. The summed E-state index contributed by atoms with van der Waals surface area (Å²) in [5.74, 6) is 1.71. The van der Waals surface area contributed by atoms with E-state index < -0.39 is 0 Å². The van der Waals surface area contributed by atoms with Crippen molar-refractivity contribution in [3.05, 3.63) is 63.8 Å². The van der Waals surface area contributed by atoms with E-state index in [4.69, 9.17) is 9.47 Å². The molecule has 1 saturated heterocycles. The first-order valence-corrected chi connectivity index (χ1v) is 10.9. The zero-order valence-corrected chi connectivity index (χ0v) is 18.7. The summed E-state index contributed by atoms with van der Waals surface area (Å²) in [6, 6.07) is 14.2. The molecule has 0 spiro atoms. The Morgan fingerprint density at radius 2 is 1.70 bits per heavy atom. The van der Waals surface area contributed by atoms with Crippen molar-refractivity contribution < 1.29 is 9.47 Å². The van der Waals surface area contributed by atoms with Crippen molar-refractivity contribution in [3.8, 4) is 11.5 Å². The Hall–Kier alpha value is -2.53. The monoisotopic (exact) mass is 410 g/mol. The van der Waals surface area contributed by atoms with E-state index >= 15 is 0 Å². The number of piperazine rings is 1. The number of nitrogens with zero attached hydrogens (tertiary/aromatic N) is 2. The van der Waals surface area contributed by atoms with Gasteiger partial charge in [0.15, 0.2) is 5.75 Å². The number of hydrogen-bond donors (Lipinski definition) is 0. The fourth-order valence-electron chi connectivity index (χ4n) is 3.70. The number of rotatable bonds is 8. The van der Waals surface area contributed by atoms with Crippen molar-refractivity contribution in [3.63, 3.8) is 0 Å². The maximum Gasteiger partial charge on any atom is 0.224 e. The van der Waals surface area contributed by atoms with Crippen molar-refractivity contribution in [1.29, 1.82) is 0 Å². The van der Waals surface area contributed by atoms with Gasteiger partial charge in [-0.05, 0) is 48.2 Å². The van der Waals surface area contributed by atoms with Gasteiger partial charge in [-0.1, -0.05) is 32.9 Å².